The van der Waals surface area contributed by atoms with Gasteiger partial charge in [-0.15, -0.1) is 0 Å². The van der Waals surface area contributed by atoms with Gasteiger partial charge >= 0.3 is 0 Å². The molecule has 1 aromatic rings. The summed E-state index contributed by atoms with van der Waals surface area (Å²) in [6.45, 7) is 5.98. The van der Waals surface area contributed by atoms with Crippen LogP contribution in [0.15, 0.2) is 72.2 Å². The zero-order valence-electron chi connectivity index (χ0n) is 24.1. The van der Waals surface area contributed by atoms with Crippen molar-refractivity contribution >= 4 is 5.91 Å². The SMILES string of the molecule is CC(=O)N(C)C(C1CCCCC1)C(CCN1CCN(C2=COC(C3=CC=CCC3)=CO2)CC1)c1ccccc1F. The molecule has 6 nitrogen and oxygen atoms in total. The van der Waals surface area contributed by atoms with Gasteiger partial charge in [0.15, 0.2) is 12.0 Å². The Kier molecular flexibility index (Phi) is 9.63. The van der Waals surface area contributed by atoms with Gasteiger partial charge in [-0.3, -0.25) is 9.69 Å². The van der Waals surface area contributed by atoms with E-state index >= 15 is 4.39 Å². The molecule has 0 N–H and O–H groups in total. The molecule has 1 aromatic carbocycles. The highest BCUT2D eigenvalue weighted by Gasteiger charge is 2.37. The molecule has 2 fully saturated rings. The van der Waals surface area contributed by atoms with Crippen LogP contribution in [-0.2, 0) is 14.3 Å². The fourth-order valence-corrected chi connectivity index (χ4v) is 6.79. The van der Waals surface area contributed by atoms with Gasteiger partial charge in [-0.2, -0.15) is 0 Å². The van der Waals surface area contributed by atoms with Crippen molar-refractivity contribution < 1.29 is 18.7 Å². The number of hydrogen-bond donors (Lipinski definition) is 0. The third-order valence-corrected chi connectivity index (χ3v) is 9.14. The van der Waals surface area contributed by atoms with Gasteiger partial charge in [-0.1, -0.05) is 55.7 Å². The highest BCUT2D eigenvalue weighted by Crippen LogP contribution is 2.39. The maximum Gasteiger partial charge on any atom is 0.231 e. The third kappa shape index (κ3) is 6.80. The van der Waals surface area contributed by atoms with Crippen LogP contribution in [0.5, 0.6) is 0 Å². The van der Waals surface area contributed by atoms with Gasteiger partial charge in [-0.05, 0) is 61.8 Å². The quantitative estimate of drug-likeness (QED) is 0.361. The molecule has 2 aliphatic heterocycles. The maximum atomic E-state index is 15.2. The van der Waals surface area contributed by atoms with Crippen molar-refractivity contribution in [3.63, 3.8) is 0 Å². The number of carbonyl (C=O) groups is 1. The van der Waals surface area contributed by atoms with Crippen LogP contribution in [0.25, 0.3) is 0 Å². The molecule has 2 heterocycles. The van der Waals surface area contributed by atoms with Crippen molar-refractivity contribution in [1.29, 1.82) is 0 Å². The second-order valence-electron chi connectivity index (χ2n) is 11.6. The zero-order chi connectivity index (χ0) is 27.9. The maximum absolute atomic E-state index is 15.2. The van der Waals surface area contributed by atoms with E-state index in [1.807, 2.05) is 24.1 Å². The lowest BCUT2D eigenvalue weighted by molar-refractivity contribution is -0.131. The van der Waals surface area contributed by atoms with Crippen LogP contribution < -0.4 is 0 Å². The number of likely N-dealkylation sites (N-methyl/N-ethyl adjacent to an activating group) is 1. The van der Waals surface area contributed by atoms with Gasteiger partial charge in [-0.25, -0.2) is 4.39 Å². The van der Waals surface area contributed by atoms with E-state index in [0.717, 1.165) is 87.6 Å². The van der Waals surface area contributed by atoms with Crippen LogP contribution in [0.1, 0.15) is 69.8 Å². The molecular formula is C33H44FN3O3. The summed E-state index contributed by atoms with van der Waals surface area (Å²) in [4.78, 5) is 19.2. The summed E-state index contributed by atoms with van der Waals surface area (Å²) in [5.74, 6) is 1.79. The van der Waals surface area contributed by atoms with Gasteiger partial charge in [0, 0.05) is 52.1 Å². The lowest BCUT2D eigenvalue weighted by atomic mass is 9.74. The Morgan fingerprint density at radius 3 is 2.50 bits per heavy atom. The van der Waals surface area contributed by atoms with Crippen molar-refractivity contribution in [1.82, 2.24) is 14.7 Å². The smallest absolute Gasteiger partial charge is 0.231 e. The van der Waals surface area contributed by atoms with Crippen molar-refractivity contribution in [2.24, 2.45) is 5.92 Å². The first-order chi connectivity index (χ1) is 19.5. The first kappa shape index (κ1) is 28.5. The second kappa shape index (κ2) is 13.5. The Morgan fingerprint density at radius 1 is 1.07 bits per heavy atom. The number of carbonyl (C=O) groups excluding carboxylic acids is 1. The summed E-state index contributed by atoms with van der Waals surface area (Å²) in [6, 6.07) is 7.18. The molecule has 1 saturated heterocycles. The molecule has 0 radical (unpaired) electrons. The lowest BCUT2D eigenvalue weighted by Crippen LogP contribution is -2.49. The van der Waals surface area contributed by atoms with E-state index in [-0.39, 0.29) is 23.7 Å². The fourth-order valence-electron chi connectivity index (χ4n) is 6.79. The monoisotopic (exact) mass is 549 g/mol. The van der Waals surface area contributed by atoms with Crippen LogP contribution in [-0.4, -0.2) is 66.4 Å². The number of ether oxygens (including phenoxy) is 2. The summed E-state index contributed by atoms with van der Waals surface area (Å²) in [7, 11) is 1.91. The number of rotatable bonds is 9. The van der Waals surface area contributed by atoms with E-state index in [2.05, 4.69) is 28.0 Å². The number of nitrogens with zero attached hydrogens (tertiary/aromatic N) is 3. The van der Waals surface area contributed by atoms with Gasteiger partial charge in [0.25, 0.3) is 0 Å². The largest absolute Gasteiger partial charge is 0.456 e. The minimum atomic E-state index is -0.163. The topological polar surface area (TPSA) is 45.3 Å². The first-order valence-electron chi connectivity index (χ1n) is 15.1. The van der Waals surface area contributed by atoms with E-state index in [9.17, 15) is 4.79 Å². The normalized spacial score (nSPS) is 21.9. The van der Waals surface area contributed by atoms with E-state index in [1.54, 1.807) is 31.6 Å². The van der Waals surface area contributed by atoms with Crippen LogP contribution >= 0.6 is 0 Å². The Bertz CT molecular complexity index is 1150. The second-order valence-corrected chi connectivity index (χ2v) is 11.6. The van der Waals surface area contributed by atoms with Gasteiger partial charge in [0.1, 0.15) is 12.1 Å². The molecule has 2 unspecified atom stereocenters. The highest BCUT2D eigenvalue weighted by atomic mass is 19.1. The summed E-state index contributed by atoms with van der Waals surface area (Å²) in [5.41, 5.74) is 1.91. The summed E-state index contributed by atoms with van der Waals surface area (Å²) in [5, 5.41) is 0. The molecule has 7 heteroatoms. The Balaban J connectivity index is 1.22. The molecule has 0 aromatic heterocycles. The molecule has 5 rings (SSSR count). The highest BCUT2D eigenvalue weighted by molar-refractivity contribution is 5.73. The Hall–Kier alpha value is -3.06. The van der Waals surface area contributed by atoms with E-state index in [1.165, 1.54) is 19.3 Å². The number of allylic oxidation sites excluding steroid dienone is 4. The zero-order valence-corrected chi connectivity index (χ0v) is 24.1. The van der Waals surface area contributed by atoms with Crippen LogP contribution in [0.4, 0.5) is 4.39 Å². The van der Waals surface area contributed by atoms with E-state index in [0.29, 0.717) is 5.92 Å². The van der Waals surface area contributed by atoms with E-state index in [4.69, 9.17) is 9.47 Å². The molecule has 216 valence electrons. The van der Waals surface area contributed by atoms with Crippen molar-refractivity contribution in [2.45, 2.75) is 70.3 Å². The first-order valence-corrected chi connectivity index (χ1v) is 15.1. The molecule has 1 saturated carbocycles. The summed E-state index contributed by atoms with van der Waals surface area (Å²) < 4.78 is 27.1. The van der Waals surface area contributed by atoms with Crippen LogP contribution in [0.3, 0.4) is 0 Å². The lowest BCUT2D eigenvalue weighted by Gasteiger charge is -2.43. The number of amides is 1. The van der Waals surface area contributed by atoms with Gasteiger partial charge in [0.05, 0.1) is 0 Å². The summed E-state index contributed by atoms with van der Waals surface area (Å²) in [6.07, 6.45) is 18.4. The molecule has 40 heavy (non-hydrogen) atoms. The number of benzene rings is 1. The van der Waals surface area contributed by atoms with E-state index < -0.39 is 0 Å². The molecule has 0 spiro atoms. The predicted molar refractivity (Wildman–Crippen MR) is 155 cm³/mol. The fraction of sp³-hybridized carbons (Fsp3) is 0.545. The van der Waals surface area contributed by atoms with Crippen LogP contribution in [0.2, 0.25) is 0 Å². The molecule has 2 aliphatic carbocycles. The van der Waals surface area contributed by atoms with Gasteiger partial charge < -0.3 is 19.3 Å². The van der Waals surface area contributed by atoms with Crippen molar-refractivity contribution in [3.05, 3.63) is 83.6 Å². The van der Waals surface area contributed by atoms with Crippen LogP contribution in [0, 0.1) is 11.7 Å². The molecular weight excluding hydrogens is 505 g/mol. The van der Waals surface area contributed by atoms with Crippen molar-refractivity contribution in [3.8, 4) is 0 Å². The standard InChI is InChI=1S/C33H44FN3O3/c1-25(38)35(2)33(27-13-7-4-8-14-27)29(28-15-9-10-16-30(28)34)17-18-36-19-21-37(22-20-36)32-24-39-31(23-40-32)26-11-5-3-6-12-26/h3,5,9-11,15-16,23-24,27,29,33H,4,6-8,12-14,17-22H2,1-2H3. The number of halogens is 1. The average Bonchev–Trinajstić information content (AvgIpc) is 3.00. The van der Waals surface area contributed by atoms with Gasteiger partial charge in [0.2, 0.25) is 11.8 Å². The molecule has 0 bridgehead atoms. The number of hydrogen-bond acceptors (Lipinski definition) is 5. The summed E-state index contributed by atoms with van der Waals surface area (Å²) >= 11 is 0. The Morgan fingerprint density at radius 2 is 1.85 bits per heavy atom. The number of piperazine rings is 1. The minimum absolute atomic E-state index is 0.00434. The molecule has 2 atom stereocenters. The molecule has 1 amide bonds. The Labute approximate surface area is 238 Å². The predicted octanol–water partition coefficient (Wildman–Crippen LogP) is 6.31. The average molecular weight is 550 g/mol. The minimum Gasteiger partial charge on any atom is -0.456 e. The third-order valence-electron chi connectivity index (χ3n) is 9.14. The molecule has 4 aliphatic rings. The van der Waals surface area contributed by atoms with Crippen molar-refractivity contribution in [2.75, 3.05) is 39.8 Å².